The normalized spacial score (nSPS) is 33.0. The fourth-order valence-electron chi connectivity index (χ4n) is 2.18. The summed E-state index contributed by atoms with van der Waals surface area (Å²) in [4.78, 5) is 0. The molecule has 0 aromatic rings. The van der Waals surface area contributed by atoms with Crippen LogP contribution in [0.1, 0.15) is 41.5 Å². The molecule has 0 saturated carbocycles. The van der Waals surface area contributed by atoms with Crippen LogP contribution >= 0.6 is 0 Å². The highest BCUT2D eigenvalue weighted by Gasteiger charge is 2.33. The van der Waals surface area contributed by atoms with Crippen molar-refractivity contribution in [1.82, 2.24) is 16.2 Å². The van der Waals surface area contributed by atoms with Crippen molar-refractivity contribution in [2.45, 2.75) is 59.8 Å². The molecule has 1 rings (SSSR count). The molecule has 3 heteroatoms. The Morgan fingerprint density at radius 2 is 1.20 bits per heavy atom. The highest BCUT2D eigenvalue weighted by Crippen LogP contribution is 2.18. The lowest BCUT2D eigenvalue weighted by atomic mass is 9.87. The smallest absolute Gasteiger partial charge is 0.0730 e. The fourth-order valence-corrected chi connectivity index (χ4v) is 2.18. The van der Waals surface area contributed by atoms with Crippen molar-refractivity contribution >= 4 is 0 Å². The second-order valence-electron chi connectivity index (χ2n) is 5.72. The minimum absolute atomic E-state index is 0.382. The summed E-state index contributed by atoms with van der Waals surface area (Å²) in [6.45, 7) is 13.6. The summed E-state index contributed by atoms with van der Waals surface area (Å²) in [5.74, 6) is 1.91. The molecule has 3 atom stereocenters. The molecule has 1 aliphatic rings. The summed E-state index contributed by atoms with van der Waals surface area (Å²) in [5.41, 5.74) is 6.84. The number of hydrogen-bond donors (Lipinski definition) is 3. The van der Waals surface area contributed by atoms with Gasteiger partial charge >= 0.3 is 0 Å². The summed E-state index contributed by atoms with van der Waals surface area (Å²) in [6.07, 6.45) is 0.382. The summed E-state index contributed by atoms with van der Waals surface area (Å²) >= 11 is 0. The zero-order chi connectivity index (χ0) is 11.6. The minimum atomic E-state index is 0.382. The van der Waals surface area contributed by atoms with Gasteiger partial charge in [-0.15, -0.1) is 0 Å². The van der Waals surface area contributed by atoms with E-state index in [2.05, 4.69) is 57.7 Å². The van der Waals surface area contributed by atoms with E-state index in [4.69, 9.17) is 0 Å². The van der Waals surface area contributed by atoms with Gasteiger partial charge in [0.25, 0.3) is 0 Å². The first kappa shape index (κ1) is 12.9. The van der Waals surface area contributed by atoms with Gasteiger partial charge in [-0.25, -0.2) is 5.43 Å². The van der Waals surface area contributed by atoms with E-state index in [1.54, 1.807) is 0 Å². The lowest BCUT2D eigenvalue weighted by Crippen LogP contribution is -2.71. The van der Waals surface area contributed by atoms with Gasteiger partial charge in [-0.2, -0.15) is 0 Å². The maximum Gasteiger partial charge on any atom is 0.0730 e. The molecule has 0 spiro atoms. The van der Waals surface area contributed by atoms with Crippen molar-refractivity contribution in [2.75, 3.05) is 0 Å². The summed E-state index contributed by atoms with van der Waals surface area (Å²) in [5, 5.41) is 3.71. The van der Waals surface area contributed by atoms with E-state index < -0.39 is 0 Å². The van der Waals surface area contributed by atoms with Crippen LogP contribution in [0.15, 0.2) is 0 Å². The molecule has 0 aliphatic carbocycles. The minimum Gasteiger partial charge on any atom is -0.296 e. The fraction of sp³-hybridized carbons (Fsp3) is 1.00. The van der Waals surface area contributed by atoms with Gasteiger partial charge in [0.05, 0.1) is 6.17 Å². The topological polar surface area (TPSA) is 36.1 Å². The van der Waals surface area contributed by atoms with E-state index in [1.807, 2.05) is 0 Å². The van der Waals surface area contributed by atoms with Gasteiger partial charge in [0.1, 0.15) is 0 Å². The third-order valence-electron chi connectivity index (χ3n) is 3.27. The molecule has 15 heavy (non-hydrogen) atoms. The van der Waals surface area contributed by atoms with Gasteiger partial charge in [0.15, 0.2) is 0 Å². The van der Waals surface area contributed by atoms with Gasteiger partial charge in [-0.3, -0.25) is 10.7 Å². The van der Waals surface area contributed by atoms with Gasteiger partial charge in [-0.05, 0) is 17.8 Å². The summed E-state index contributed by atoms with van der Waals surface area (Å²) in [7, 11) is 0. The number of rotatable bonds is 3. The molecule has 0 amide bonds. The van der Waals surface area contributed by atoms with Crippen molar-refractivity contribution in [3.63, 3.8) is 0 Å². The zero-order valence-corrected chi connectivity index (χ0v) is 11.0. The standard InChI is InChI=1S/C12H27N3/c1-7(2)10-11(8(3)4)14-15-12(13-10)9(5)6/h7-15H,1-6H3. The number of nitrogens with one attached hydrogen (secondary N) is 3. The maximum atomic E-state index is 3.71. The molecule has 0 aromatic carbocycles. The highest BCUT2D eigenvalue weighted by atomic mass is 15.5. The van der Waals surface area contributed by atoms with Crippen LogP contribution in [0.3, 0.4) is 0 Å². The van der Waals surface area contributed by atoms with Crippen LogP contribution < -0.4 is 16.2 Å². The Bertz CT molecular complexity index is 189. The molecular weight excluding hydrogens is 186 g/mol. The highest BCUT2D eigenvalue weighted by molar-refractivity contribution is 4.92. The molecule has 1 aliphatic heterocycles. The van der Waals surface area contributed by atoms with Crippen LogP contribution in [-0.4, -0.2) is 18.2 Å². The van der Waals surface area contributed by atoms with Crippen LogP contribution in [0.5, 0.6) is 0 Å². The van der Waals surface area contributed by atoms with Crippen molar-refractivity contribution in [3.05, 3.63) is 0 Å². The molecule has 3 unspecified atom stereocenters. The molecule has 1 saturated heterocycles. The zero-order valence-electron chi connectivity index (χ0n) is 11.0. The largest absolute Gasteiger partial charge is 0.296 e. The third-order valence-corrected chi connectivity index (χ3v) is 3.27. The lowest BCUT2D eigenvalue weighted by Gasteiger charge is -2.44. The van der Waals surface area contributed by atoms with E-state index in [0.29, 0.717) is 36.0 Å². The van der Waals surface area contributed by atoms with E-state index in [9.17, 15) is 0 Å². The third kappa shape index (κ3) is 3.16. The molecular formula is C12H27N3. The van der Waals surface area contributed by atoms with E-state index in [0.717, 1.165) is 0 Å². The van der Waals surface area contributed by atoms with Gasteiger partial charge in [0.2, 0.25) is 0 Å². The van der Waals surface area contributed by atoms with Crippen LogP contribution in [0.4, 0.5) is 0 Å². The molecule has 1 fully saturated rings. The molecule has 0 bridgehead atoms. The van der Waals surface area contributed by atoms with Crippen molar-refractivity contribution in [2.24, 2.45) is 17.8 Å². The Balaban J connectivity index is 2.65. The molecule has 3 N–H and O–H groups in total. The Kier molecular flexibility index (Phi) is 4.56. The van der Waals surface area contributed by atoms with Crippen molar-refractivity contribution in [3.8, 4) is 0 Å². The Morgan fingerprint density at radius 1 is 0.667 bits per heavy atom. The van der Waals surface area contributed by atoms with Crippen LogP contribution in [0.25, 0.3) is 0 Å². The Hall–Kier alpha value is -0.120. The Labute approximate surface area is 94.4 Å². The first-order valence-electron chi connectivity index (χ1n) is 6.20. The van der Waals surface area contributed by atoms with Crippen molar-refractivity contribution < 1.29 is 0 Å². The van der Waals surface area contributed by atoms with Crippen LogP contribution in [-0.2, 0) is 0 Å². The Morgan fingerprint density at radius 3 is 1.60 bits per heavy atom. The molecule has 0 aromatic heterocycles. The first-order valence-corrected chi connectivity index (χ1v) is 6.20. The van der Waals surface area contributed by atoms with E-state index in [1.165, 1.54) is 0 Å². The summed E-state index contributed by atoms with van der Waals surface area (Å²) < 4.78 is 0. The maximum absolute atomic E-state index is 3.71. The predicted octanol–water partition coefficient (Wildman–Crippen LogP) is 1.72. The monoisotopic (exact) mass is 213 g/mol. The SMILES string of the molecule is CC(C)C1NNC(C(C)C)C(C(C)C)N1. The second-order valence-corrected chi connectivity index (χ2v) is 5.72. The van der Waals surface area contributed by atoms with Crippen molar-refractivity contribution in [1.29, 1.82) is 0 Å². The quantitative estimate of drug-likeness (QED) is 0.668. The van der Waals surface area contributed by atoms with Gasteiger partial charge < -0.3 is 0 Å². The second kappa shape index (κ2) is 5.28. The van der Waals surface area contributed by atoms with E-state index >= 15 is 0 Å². The van der Waals surface area contributed by atoms with Gasteiger partial charge in [0, 0.05) is 12.1 Å². The predicted molar refractivity (Wildman–Crippen MR) is 65.3 cm³/mol. The molecule has 0 radical (unpaired) electrons. The number of hydrogen-bond acceptors (Lipinski definition) is 3. The average molecular weight is 213 g/mol. The lowest BCUT2D eigenvalue weighted by molar-refractivity contribution is 0.115. The first-order chi connectivity index (χ1) is 6.93. The molecule has 3 nitrogen and oxygen atoms in total. The van der Waals surface area contributed by atoms with Crippen LogP contribution in [0, 0.1) is 17.8 Å². The van der Waals surface area contributed by atoms with Crippen LogP contribution in [0.2, 0.25) is 0 Å². The average Bonchev–Trinajstić information content (AvgIpc) is 2.16. The van der Waals surface area contributed by atoms with Gasteiger partial charge in [-0.1, -0.05) is 41.5 Å². The number of hydrazine groups is 1. The summed E-state index contributed by atoms with van der Waals surface area (Å²) in [6, 6.07) is 1.07. The molecule has 90 valence electrons. The molecule has 1 heterocycles. The van der Waals surface area contributed by atoms with E-state index in [-0.39, 0.29) is 0 Å².